The van der Waals surface area contributed by atoms with Gasteiger partial charge < -0.3 is 14.4 Å². The van der Waals surface area contributed by atoms with Crippen molar-refractivity contribution >= 4 is 17.6 Å². The fourth-order valence-corrected chi connectivity index (χ4v) is 2.39. The van der Waals surface area contributed by atoms with Crippen molar-refractivity contribution in [2.75, 3.05) is 39.8 Å². The SMILES string of the molecule is COC(=O)C(C(=O)OC)[C@@H](C[N+](=O)[O-])c1c(F)cc(N(C)C)cc1F. The molecule has 0 aliphatic carbocycles. The maximum Gasteiger partial charge on any atom is 0.320 e. The van der Waals surface area contributed by atoms with Gasteiger partial charge in [0, 0.05) is 30.3 Å². The molecule has 0 radical (unpaired) electrons. The van der Waals surface area contributed by atoms with Crippen molar-refractivity contribution < 1.29 is 32.8 Å². The number of carbonyl (C=O) groups excluding carboxylic acids is 2. The van der Waals surface area contributed by atoms with E-state index >= 15 is 0 Å². The average molecular weight is 360 g/mol. The number of methoxy groups -OCH3 is 2. The van der Waals surface area contributed by atoms with Gasteiger partial charge in [0.05, 0.1) is 20.1 Å². The number of carbonyl (C=O) groups is 2. The molecule has 0 bridgehead atoms. The summed E-state index contributed by atoms with van der Waals surface area (Å²) in [5.41, 5.74) is -0.575. The fraction of sp³-hybridized carbons (Fsp3) is 0.467. The van der Waals surface area contributed by atoms with E-state index in [0.717, 1.165) is 26.4 Å². The van der Waals surface area contributed by atoms with Gasteiger partial charge in [0.25, 0.3) is 0 Å². The van der Waals surface area contributed by atoms with E-state index in [1.54, 1.807) is 14.1 Å². The molecule has 0 saturated heterocycles. The molecule has 0 saturated carbocycles. The summed E-state index contributed by atoms with van der Waals surface area (Å²) in [6, 6.07) is 1.91. The second-order valence-electron chi connectivity index (χ2n) is 5.36. The van der Waals surface area contributed by atoms with E-state index in [1.807, 2.05) is 0 Å². The van der Waals surface area contributed by atoms with E-state index in [2.05, 4.69) is 9.47 Å². The summed E-state index contributed by atoms with van der Waals surface area (Å²) in [6.07, 6.45) is 0. The molecule has 8 nitrogen and oxygen atoms in total. The minimum Gasteiger partial charge on any atom is -0.468 e. The zero-order chi connectivity index (χ0) is 19.3. The van der Waals surface area contributed by atoms with Crippen LogP contribution in [-0.2, 0) is 19.1 Å². The Labute approximate surface area is 142 Å². The molecule has 1 atom stereocenters. The monoisotopic (exact) mass is 360 g/mol. The predicted molar refractivity (Wildman–Crippen MR) is 82.8 cm³/mol. The highest BCUT2D eigenvalue weighted by atomic mass is 19.1. The van der Waals surface area contributed by atoms with Gasteiger partial charge >= 0.3 is 11.9 Å². The minimum absolute atomic E-state index is 0.172. The number of hydrogen-bond donors (Lipinski definition) is 0. The van der Waals surface area contributed by atoms with Crippen molar-refractivity contribution in [1.82, 2.24) is 0 Å². The molecule has 1 rings (SSSR count). The van der Waals surface area contributed by atoms with Crippen LogP contribution in [0.15, 0.2) is 12.1 Å². The van der Waals surface area contributed by atoms with Crippen LogP contribution in [-0.4, -0.2) is 51.7 Å². The molecule has 0 spiro atoms. The quantitative estimate of drug-likeness (QED) is 0.313. The Balaban J connectivity index is 3.56. The number of benzene rings is 1. The Hall–Kier alpha value is -2.78. The molecule has 1 aromatic rings. The molecular formula is C15H18F2N2O6. The number of rotatable bonds is 7. The molecule has 0 N–H and O–H groups in total. The minimum atomic E-state index is -1.88. The zero-order valence-electron chi connectivity index (χ0n) is 14.1. The fourth-order valence-electron chi connectivity index (χ4n) is 2.39. The maximum atomic E-state index is 14.5. The van der Waals surface area contributed by atoms with E-state index in [0.29, 0.717) is 0 Å². The van der Waals surface area contributed by atoms with Gasteiger partial charge in [0.2, 0.25) is 6.54 Å². The van der Waals surface area contributed by atoms with Crippen molar-refractivity contribution in [1.29, 1.82) is 0 Å². The molecule has 0 aliphatic rings. The number of nitrogens with zero attached hydrogens (tertiary/aromatic N) is 2. The lowest BCUT2D eigenvalue weighted by atomic mass is 9.85. The molecular weight excluding hydrogens is 342 g/mol. The third-order valence-electron chi connectivity index (χ3n) is 3.61. The van der Waals surface area contributed by atoms with Gasteiger partial charge in [0.1, 0.15) is 11.6 Å². The second kappa shape index (κ2) is 8.36. The van der Waals surface area contributed by atoms with Gasteiger partial charge in [-0.3, -0.25) is 19.7 Å². The number of nitro groups is 1. The number of esters is 2. The van der Waals surface area contributed by atoms with E-state index < -0.39 is 52.4 Å². The summed E-state index contributed by atoms with van der Waals surface area (Å²) in [5, 5.41) is 11.0. The van der Waals surface area contributed by atoms with E-state index in [9.17, 15) is 28.5 Å². The molecule has 10 heteroatoms. The van der Waals surface area contributed by atoms with Gasteiger partial charge in [-0.05, 0) is 12.1 Å². The van der Waals surface area contributed by atoms with Crippen molar-refractivity contribution in [3.63, 3.8) is 0 Å². The Bertz CT molecular complexity index is 641. The predicted octanol–water partition coefficient (Wildman–Crippen LogP) is 1.35. The van der Waals surface area contributed by atoms with Crippen LogP contribution in [0.5, 0.6) is 0 Å². The summed E-state index contributed by atoms with van der Waals surface area (Å²) in [7, 11) is 4.99. The Morgan fingerprint density at radius 1 is 1.16 bits per heavy atom. The number of hydrogen-bond acceptors (Lipinski definition) is 7. The Kier molecular flexibility index (Phi) is 6.77. The van der Waals surface area contributed by atoms with Gasteiger partial charge in [-0.15, -0.1) is 0 Å². The van der Waals surface area contributed by atoms with Crippen LogP contribution in [0.25, 0.3) is 0 Å². The average Bonchev–Trinajstić information content (AvgIpc) is 2.52. The summed E-state index contributed by atoms with van der Waals surface area (Å²) in [5.74, 6) is -8.22. The van der Waals surface area contributed by atoms with E-state index in [1.165, 1.54) is 4.90 Å². The van der Waals surface area contributed by atoms with Crippen molar-refractivity contribution in [2.45, 2.75) is 5.92 Å². The molecule has 0 aromatic heterocycles. The highest BCUT2D eigenvalue weighted by Gasteiger charge is 2.43. The van der Waals surface area contributed by atoms with E-state index in [4.69, 9.17) is 0 Å². The standard InChI is InChI=1S/C15H18F2N2O6/c1-18(2)8-5-10(16)12(11(17)6-8)9(7-19(22)23)13(14(20)24-3)15(21)25-4/h5-6,9,13H,7H2,1-4H3/t9-/m0/s1. The molecule has 138 valence electrons. The highest BCUT2D eigenvalue weighted by Crippen LogP contribution is 2.33. The highest BCUT2D eigenvalue weighted by molar-refractivity contribution is 5.96. The number of ether oxygens (including phenoxy) is 2. The van der Waals surface area contributed by atoms with Crippen molar-refractivity contribution in [3.8, 4) is 0 Å². The lowest BCUT2D eigenvalue weighted by Crippen LogP contribution is -2.36. The summed E-state index contributed by atoms with van der Waals surface area (Å²) < 4.78 is 37.8. The smallest absolute Gasteiger partial charge is 0.320 e. The van der Waals surface area contributed by atoms with Gasteiger partial charge in [0.15, 0.2) is 5.92 Å². The van der Waals surface area contributed by atoms with Crippen LogP contribution in [0.4, 0.5) is 14.5 Å². The lowest BCUT2D eigenvalue weighted by molar-refractivity contribution is -0.484. The third kappa shape index (κ3) is 4.61. The van der Waals surface area contributed by atoms with E-state index in [-0.39, 0.29) is 5.69 Å². The summed E-state index contributed by atoms with van der Waals surface area (Å²) in [6.45, 7) is -1.07. The topological polar surface area (TPSA) is 99.0 Å². The molecule has 0 aliphatic heterocycles. The van der Waals surface area contributed by atoms with Crippen LogP contribution in [0.2, 0.25) is 0 Å². The number of halogens is 2. The van der Waals surface area contributed by atoms with Gasteiger partial charge in [-0.1, -0.05) is 0 Å². The largest absolute Gasteiger partial charge is 0.468 e. The lowest BCUT2D eigenvalue weighted by Gasteiger charge is -2.22. The Morgan fingerprint density at radius 2 is 1.60 bits per heavy atom. The molecule has 0 fully saturated rings. The molecule has 0 amide bonds. The first-order valence-electron chi connectivity index (χ1n) is 7.07. The normalized spacial score (nSPS) is 11.8. The first-order valence-corrected chi connectivity index (χ1v) is 7.07. The summed E-state index contributed by atoms with van der Waals surface area (Å²) >= 11 is 0. The van der Waals surface area contributed by atoms with Crippen LogP contribution in [0, 0.1) is 27.7 Å². The van der Waals surface area contributed by atoms with Crippen LogP contribution >= 0.6 is 0 Å². The van der Waals surface area contributed by atoms with Crippen LogP contribution in [0.3, 0.4) is 0 Å². The third-order valence-corrected chi connectivity index (χ3v) is 3.61. The van der Waals surface area contributed by atoms with Crippen LogP contribution < -0.4 is 4.90 Å². The first kappa shape index (κ1) is 20.3. The van der Waals surface area contributed by atoms with Crippen molar-refractivity contribution in [3.05, 3.63) is 39.4 Å². The van der Waals surface area contributed by atoms with Crippen molar-refractivity contribution in [2.24, 2.45) is 5.92 Å². The van der Waals surface area contributed by atoms with Crippen LogP contribution in [0.1, 0.15) is 11.5 Å². The number of anilines is 1. The maximum absolute atomic E-state index is 14.5. The molecule has 0 heterocycles. The van der Waals surface area contributed by atoms with Gasteiger partial charge in [-0.25, -0.2) is 8.78 Å². The van der Waals surface area contributed by atoms with Gasteiger partial charge in [-0.2, -0.15) is 0 Å². The molecule has 1 aromatic carbocycles. The Morgan fingerprint density at radius 3 is 1.92 bits per heavy atom. The first-order chi connectivity index (χ1) is 11.6. The second-order valence-corrected chi connectivity index (χ2v) is 5.36. The summed E-state index contributed by atoms with van der Waals surface area (Å²) in [4.78, 5) is 35.3. The molecule has 0 unspecified atom stereocenters. The molecule has 25 heavy (non-hydrogen) atoms. The zero-order valence-corrected chi connectivity index (χ0v) is 14.1.